The SMILES string of the molecule is CC[C@H]1CCCCN1C(=O)[C@H]1CC(=O)c2sc(NC(=O)c3c(F)cccc3Cl)nc2C1. The highest BCUT2D eigenvalue weighted by atomic mass is 35.5. The number of ketones is 1. The van der Waals surface area contributed by atoms with Gasteiger partial charge >= 0.3 is 0 Å². The molecule has 164 valence electrons. The summed E-state index contributed by atoms with van der Waals surface area (Å²) in [4.78, 5) is 45.1. The van der Waals surface area contributed by atoms with Crippen molar-refractivity contribution in [2.45, 2.75) is 51.5 Å². The summed E-state index contributed by atoms with van der Waals surface area (Å²) >= 11 is 7.00. The molecule has 2 heterocycles. The van der Waals surface area contributed by atoms with Crippen LogP contribution in [0.4, 0.5) is 9.52 Å². The van der Waals surface area contributed by atoms with Crippen molar-refractivity contribution in [3.8, 4) is 0 Å². The molecule has 1 aromatic carbocycles. The van der Waals surface area contributed by atoms with Crippen LogP contribution < -0.4 is 5.32 Å². The molecule has 1 aromatic heterocycles. The second-order valence-electron chi connectivity index (χ2n) is 7.96. The number of nitrogens with one attached hydrogen (secondary N) is 1. The number of hydrogen-bond donors (Lipinski definition) is 1. The van der Waals surface area contributed by atoms with Gasteiger partial charge in [-0.2, -0.15) is 0 Å². The number of halogens is 2. The van der Waals surface area contributed by atoms with Crippen LogP contribution in [0, 0.1) is 11.7 Å². The number of piperidine rings is 1. The predicted octanol–water partition coefficient (Wildman–Crippen LogP) is 4.72. The van der Waals surface area contributed by atoms with Gasteiger partial charge in [0.25, 0.3) is 5.91 Å². The average Bonchev–Trinajstić information content (AvgIpc) is 3.16. The van der Waals surface area contributed by atoms with Gasteiger partial charge in [-0.3, -0.25) is 19.7 Å². The number of anilines is 1. The first-order valence-electron chi connectivity index (χ1n) is 10.5. The van der Waals surface area contributed by atoms with E-state index in [2.05, 4.69) is 17.2 Å². The highest BCUT2D eigenvalue weighted by Crippen LogP contribution is 2.34. The van der Waals surface area contributed by atoms with E-state index in [0.29, 0.717) is 17.0 Å². The average molecular weight is 464 g/mol. The Hall–Kier alpha value is -2.32. The lowest BCUT2D eigenvalue weighted by atomic mass is 9.87. The van der Waals surface area contributed by atoms with Crippen molar-refractivity contribution in [2.24, 2.45) is 5.92 Å². The van der Waals surface area contributed by atoms with Gasteiger partial charge in [-0.1, -0.05) is 35.9 Å². The van der Waals surface area contributed by atoms with E-state index in [1.54, 1.807) is 0 Å². The molecule has 2 atom stereocenters. The number of hydrogen-bond acceptors (Lipinski definition) is 5. The maximum absolute atomic E-state index is 14.0. The molecule has 6 nitrogen and oxygen atoms in total. The van der Waals surface area contributed by atoms with Crippen molar-refractivity contribution in [3.63, 3.8) is 0 Å². The van der Waals surface area contributed by atoms with Crippen LogP contribution in [0.25, 0.3) is 0 Å². The number of aromatic nitrogens is 1. The minimum atomic E-state index is -0.736. The van der Waals surface area contributed by atoms with Gasteiger partial charge in [0.1, 0.15) is 5.82 Å². The summed E-state index contributed by atoms with van der Waals surface area (Å²) in [6, 6.07) is 4.22. The van der Waals surface area contributed by atoms with E-state index in [1.165, 1.54) is 12.1 Å². The van der Waals surface area contributed by atoms with E-state index >= 15 is 0 Å². The van der Waals surface area contributed by atoms with Crippen molar-refractivity contribution < 1.29 is 18.8 Å². The molecular formula is C22H23ClFN3O3S. The molecule has 1 aliphatic heterocycles. The van der Waals surface area contributed by atoms with Crippen molar-refractivity contribution >= 4 is 45.7 Å². The van der Waals surface area contributed by atoms with E-state index in [4.69, 9.17) is 11.6 Å². The highest BCUT2D eigenvalue weighted by molar-refractivity contribution is 7.17. The molecule has 0 saturated carbocycles. The van der Waals surface area contributed by atoms with Gasteiger partial charge < -0.3 is 4.90 Å². The van der Waals surface area contributed by atoms with Gasteiger partial charge in [-0.05, 0) is 37.8 Å². The smallest absolute Gasteiger partial charge is 0.261 e. The number of likely N-dealkylation sites (tertiary alicyclic amines) is 1. The predicted molar refractivity (Wildman–Crippen MR) is 117 cm³/mol. The molecule has 2 aliphatic rings. The van der Waals surface area contributed by atoms with Crippen molar-refractivity contribution in [3.05, 3.63) is 45.2 Å². The van der Waals surface area contributed by atoms with Gasteiger partial charge in [0.05, 0.1) is 27.1 Å². The van der Waals surface area contributed by atoms with Crippen LogP contribution in [-0.4, -0.2) is 40.1 Å². The number of rotatable bonds is 4. The summed E-state index contributed by atoms with van der Waals surface area (Å²) in [5.74, 6) is -2.03. The maximum atomic E-state index is 14.0. The Morgan fingerprint density at radius 1 is 1.32 bits per heavy atom. The number of carbonyl (C=O) groups excluding carboxylic acids is 3. The third kappa shape index (κ3) is 4.36. The van der Waals surface area contributed by atoms with Crippen LogP contribution in [0.5, 0.6) is 0 Å². The molecule has 0 unspecified atom stereocenters. The first kappa shape index (κ1) is 21.9. The van der Waals surface area contributed by atoms with E-state index in [-0.39, 0.29) is 39.9 Å². The Labute approximate surface area is 188 Å². The van der Waals surface area contributed by atoms with Crippen LogP contribution in [0.3, 0.4) is 0 Å². The van der Waals surface area contributed by atoms with Gasteiger partial charge in [0, 0.05) is 25.4 Å². The van der Waals surface area contributed by atoms with Gasteiger partial charge in [0.15, 0.2) is 10.9 Å². The van der Waals surface area contributed by atoms with E-state index < -0.39 is 17.6 Å². The molecule has 1 saturated heterocycles. The lowest BCUT2D eigenvalue weighted by Gasteiger charge is -2.38. The van der Waals surface area contributed by atoms with Crippen LogP contribution in [0.2, 0.25) is 5.02 Å². The Kier molecular flexibility index (Phi) is 6.39. The number of carbonyl (C=O) groups is 3. The van der Waals surface area contributed by atoms with Crippen LogP contribution in [0.15, 0.2) is 18.2 Å². The Bertz CT molecular complexity index is 1020. The first-order chi connectivity index (χ1) is 14.9. The lowest BCUT2D eigenvalue weighted by Crippen LogP contribution is -2.47. The summed E-state index contributed by atoms with van der Waals surface area (Å²) in [7, 11) is 0. The van der Waals surface area contributed by atoms with Crippen LogP contribution in [-0.2, 0) is 11.2 Å². The summed E-state index contributed by atoms with van der Waals surface area (Å²) in [6.07, 6.45) is 4.52. The van der Waals surface area contributed by atoms with Crippen molar-refractivity contribution in [1.29, 1.82) is 0 Å². The third-order valence-electron chi connectivity index (χ3n) is 5.96. The molecule has 31 heavy (non-hydrogen) atoms. The molecule has 9 heteroatoms. The number of nitrogens with zero attached hydrogens (tertiary/aromatic N) is 2. The molecule has 0 bridgehead atoms. The normalized spacial score (nSPS) is 21.0. The third-order valence-corrected chi connectivity index (χ3v) is 7.33. The lowest BCUT2D eigenvalue weighted by molar-refractivity contribution is -0.139. The quantitative estimate of drug-likeness (QED) is 0.711. The second kappa shape index (κ2) is 9.04. The summed E-state index contributed by atoms with van der Waals surface area (Å²) < 4.78 is 14.0. The molecular weight excluding hydrogens is 441 g/mol. The molecule has 2 amide bonds. The number of thiazole rings is 1. The van der Waals surface area contributed by atoms with Gasteiger partial charge in [0.2, 0.25) is 5.91 Å². The van der Waals surface area contributed by atoms with E-state index in [0.717, 1.165) is 49.6 Å². The second-order valence-corrected chi connectivity index (χ2v) is 9.37. The van der Waals surface area contributed by atoms with Gasteiger partial charge in [-0.15, -0.1) is 0 Å². The molecule has 0 radical (unpaired) electrons. The fraction of sp³-hybridized carbons (Fsp3) is 0.455. The monoisotopic (exact) mass is 463 g/mol. The first-order valence-corrected chi connectivity index (χ1v) is 11.7. The number of Topliss-reactive ketones (excluding diaryl/α,β-unsaturated/α-hetero) is 1. The van der Waals surface area contributed by atoms with Crippen molar-refractivity contribution in [2.75, 3.05) is 11.9 Å². The summed E-state index contributed by atoms with van der Waals surface area (Å²) in [5, 5.41) is 2.73. The molecule has 4 rings (SSSR count). The minimum Gasteiger partial charge on any atom is -0.339 e. The standard InChI is InChI=1S/C22H23ClFN3O3S/c1-2-13-6-3-4-9-27(13)21(30)12-10-16-19(17(28)11-12)31-22(25-16)26-20(29)18-14(23)7-5-8-15(18)24/h5,7-8,12-13H,2-4,6,9-11H2,1H3,(H,25,26,29)/t12-,13+/m1/s1. The topological polar surface area (TPSA) is 79.4 Å². The molecule has 0 spiro atoms. The number of amides is 2. The Balaban J connectivity index is 1.51. The fourth-order valence-electron chi connectivity index (χ4n) is 4.38. The number of fused-ring (bicyclic) bond motifs is 1. The zero-order chi connectivity index (χ0) is 22.1. The van der Waals surface area contributed by atoms with Crippen LogP contribution >= 0.6 is 22.9 Å². The zero-order valence-electron chi connectivity index (χ0n) is 17.1. The van der Waals surface area contributed by atoms with E-state index in [9.17, 15) is 18.8 Å². The van der Waals surface area contributed by atoms with E-state index in [1.807, 2.05) is 4.90 Å². The zero-order valence-corrected chi connectivity index (χ0v) is 18.7. The molecule has 1 fully saturated rings. The Morgan fingerprint density at radius 3 is 2.87 bits per heavy atom. The summed E-state index contributed by atoms with van der Waals surface area (Å²) in [6.45, 7) is 2.81. The number of benzene rings is 1. The highest BCUT2D eigenvalue weighted by Gasteiger charge is 2.37. The van der Waals surface area contributed by atoms with Gasteiger partial charge in [-0.25, -0.2) is 9.37 Å². The Morgan fingerprint density at radius 2 is 2.13 bits per heavy atom. The fourth-order valence-corrected chi connectivity index (χ4v) is 5.57. The minimum absolute atomic E-state index is 0.00688. The molecule has 2 aromatic rings. The summed E-state index contributed by atoms with van der Waals surface area (Å²) in [5.41, 5.74) is 0.243. The maximum Gasteiger partial charge on any atom is 0.261 e. The van der Waals surface area contributed by atoms with Crippen molar-refractivity contribution in [1.82, 2.24) is 9.88 Å². The molecule has 1 N–H and O–H groups in total. The van der Waals surface area contributed by atoms with Crippen LogP contribution in [0.1, 0.15) is 64.8 Å². The largest absolute Gasteiger partial charge is 0.339 e. The molecule has 1 aliphatic carbocycles.